The molecule has 1 aromatic heterocycles. The highest BCUT2D eigenvalue weighted by Crippen LogP contribution is 2.17. The summed E-state index contributed by atoms with van der Waals surface area (Å²) in [5.74, 6) is -0.0396. The minimum Gasteiger partial charge on any atom is -0.376 e. The summed E-state index contributed by atoms with van der Waals surface area (Å²) in [7, 11) is 0. The number of amides is 1. The van der Waals surface area contributed by atoms with E-state index in [0.29, 0.717) is 12.1 Å². The van der Waals surface area contributed by atoms with Gasteiger partial charge in [0.25, 0.3) is 5.91 Å². The van der Waals surface area contributed by atoms with E-state index in [0.717, 1.165) is 30.4 Å². The van der Waals surface area contributed by atoms with Crippen LogP contribution in [-0.2, 0) is 4.74 Å². The van der Waals surface area contributed by atoms with E-state index in [-0.39, 0.29) is 12.0 Å². The number of fused-ring (bicyclic) bond motifs is 1. The Hall–Kier alpha value is -1.81. The van der Waals surface area contributed by atoms with Crippen molar-refractivity contribution in [2.75, 3.05) is 13.2 Å². The molecule has 1 aliphatic heterocycles. The normalized spacial score (nSPS) is 19.5. The van der Waals surface area contributed by atoms with Crippen molar-refractivity contribution in [2.24, 2.45) is 0 Å². The lowest BCUT2D eigenvalue weighted by molar-refractivity contribution is 0.0169. The first-order chi connectivity index (χ1) is 9.34. The zero-order valence-corrected chi connectivity index (χ0v) is 10.8. The molecule has 1 fully saturated rings. The van der Waals surface area contributed by atoms with E-state index in [9.17, 15) is 4.79 Å². The fraction of sp³-hybridized carbons (Fsp3) is 0.400. The van der Waals surface area contributed by atoms with Crippen LogP contribution in [0.25, 0.3) is 10.9 Å². The molecule has 1 unspecified atom stereocenters. The van der Waals surface area contributed by atoms with Crippen LogP contribution in [0.4, 0.5) is 0 Å². The maximum Gasteiger partial charge on any atom is 0.253 e. The molecular weight excluding hydrogens is 240 g/mol. The second-order valence-corrected chi connectivity index (χ2v) is 4.95. The van der Waals surface area contributed by atoms with E-state index in [1.54, 1.807) is 0 Å². The summed E-state index contributed by atoms with van der Waals surface area (Å²) in [6.45, 7) is 1.41. The van der Waals surface area contributed by atoms with Crippen molar-refractivity contribution in [1.29, 1.82) is 0 Å². The summed E-state index contributed by atoms with van der Waals surface area (Å²) in [5, 5.41) is 4.02. The average Bonchev–Trinajstić information content (AvgIpc) is 2.94. The van der Waals surface area contributed by atoms with E-state index in [1.165, 1.54) is 6.42 Å². The molecular formula is C15H18N2O2. The first-order valence-corrected chi connectivity index (χ1v) is 6.80. The van der Waals surface area contributed by atoms with Crippen LogP contribution in [0, 0.1) is 0 Å². The van der Waals surface area contributed by atoms with Crippen LogP contribution in [0.15, 0.2) is 30.5 Å². The topological polar surface area (TPSA) is 54.1 Å². The Morgan fingerprint density at radius 1 is 1.37 bits per heavy atom. The summed E-state index contributed by atoms with van der Waals surface area (Å²) in [6.07, 6.45) is 5.37. The maximum absolute atomic E-state index is 12.2. The van der Waals surface area contributed by atoms with Gasteiger partial charge in [-0.15, -0.1) is 0 Å². The predicted molar refractivity (Wildman–Crippen MR) is 74.2 cm³/mol. The van der Waals surface area contributed by atoms with Crippen molar-refractivity contribution >= 4 is 16.8 Å². The highest BCUT2D eigenvalue weighted by molar-refractivity contribution is 6.05. The van der Waals surface area contributed by atoms with E-state index in [1.807, 2.05) is 30.5 Å². The molecule has 1 aliphatic rings. The zero-order chi connectivity index (χ0) is 13.1. The van der Waals surface area contributed by atoms with E-state index in [4.69, 9.17) is 4.74 Å². The molecule has 1 atom stereocenters. The lowest BCUT2D eigenvalue weighted by Gasteiger charge is -2.22. The fourth-order valence-electron chi connectivity index (χ4n) is 2.54. The molecule has 3 rings (SSSR count). The number of H-pyrrole nitrogens is 1. The molecule has 2 heterocycles. The maximum atomic E-state index is 12.2. The van der Waals surface area contributed by atoms with Gasteiger partial charge in [0.15, 0.2) is 0 Å². The molecule has 1 amide bonds. The SMILES string of the molecule is O=C(NCC1CCCCO1)c1cccc2cc[nH]c12. The van der Waals surface area contributed by atoms with Gasteiger partial charge in [0.05, 0.1) is 17.2 Å². The van der Waals surface area contributed by atoms with Crippen molar-refractivity contribution < 1.29 is 9.53 Å². The summed E-state index contributed by atoms with van der Waals surface area (Å²) >= 11 is 0. The third-order valence-electron chi connectivity index (χ3n) is 3.60. The van der Waals surface area contributed by atoms with E-state index in [2.05, 4.69) is 10.3 Å². The number of para-hydroxylation sites is 1. The van der Waals surface area contributed by atoms with Gasteiger partial charge >= 0.3 is 0 Å². The van der Waals surface area contributed by atoms with Crippen LogP contribution in [0.1, 0.15) is 29.6 Å². The van der Waals surface area contributed by atoms with Crippen LogP contribution in [0.5, 0.6) is 0 Å². The molecule has 0 radical (unpaired) electrons. The minimum absolute atomic E-state index is 0.0396. The first-order valence-electron chi connectivity index (χ1n) is 6.80. The molecule has 0 aliphatic carbocycles. The van der Waals surface area contributed by atoms with Crippen molar-refractivity contribution in [1.82, 2.24) is 10.3 Å². The number of carbonyl (C=O) groups is 1. The second-order valence-electron chi connectivity index (χ2n) is 4.95. The highest BCUT2D eigenvalue weighted by Gasteiger charge is 2.16. The van der Waals surface area contributed by atoms with Gasteiger partial charge in [-0.05, 0) is 31.4 Å². The number of aromatic nitrogens is 1. The molecule has 0 saturated carbocycles. The smallest absolute Gasteiger partial charge is 0.253 e. The molecule has 19 heavy (non-hydrogen) atoms. The van der Waals surface area contributed by atoms with Crippen LogP contribution in [-0.4, -0.2) is 30.1 Å². The van der Waals surface area contributed by atoms with Gasteiger partial charge in [-0.25, -0.2) is 0 Å². The zero-order valence-electron chi connectivity index (χ0n) is 10.8. The third-order valence-corrected chi connectivity index (χ3v) is 3.60. The first kappa shape index (κ1) is 12.2. The Labute approximate surface area is 112 Å². The quantitative estimate of drug-likeness (QED) is 0.888. The highest BCUT2D eigenvalue weighted by atomic mass is 16.5. The molecule has 4 heteroatoms. The average molecular weight is 258 g/mol. The molecule has 2 N–H and O–H groups in total. The fourth-order valence-corrected chi connectivity index (χ4v) is 2.54. The largest absolute Gasteiger partial charge is 0.376 e. The van der Waals surface area contributed by atoms with Gasteiger partial charge in [-0.1, -0.05) is 12.1 Å². The molecule has 0 bridgehead atoms. The predicted octanol–water partition coefficient (Wildman–Crippen LogP) is 2.47. The number of carbonyl (C=O) groups excluding carboxylic acids is 1. The van der Waals surface area contributed by atoms with Crippen LogP contribution < -0.4 is 5.32 Å². The van der Waals surface area contributed by atoms with Crippen LogP contribution >= 0.6 is 0 Å². The molecule has 0 spiro atoms. The van der Waals surface area contributed by atoms with Gasteiger partial charge in [0.1, 0.15) is 0 Å². The number of hydrogen-bond acceptors (Lipinski definition) is 2. The molecule has 100 valence electrons. The third kappa shape index (κ3) is 2.63. The monoisotopic (exact) mass is 258 g/mol. The van der Waals surface area contributed by atoms with Crippen molar-refractivity contribution in [2.45, 2.75) is 25.4 Å². The number of benzene rings is 1. The lowest BCUT2D eigenvalue weighted by Crippen LogP contribution is -2.35. The molecule has 4 nitrogen and oxygen atoms in total. The second kappa shape index (κ2) is 5.45. The lowest BCUT2D eigenvalue weighted by atomic mass is 10.1. The Bertz CT molecular complexity index is 570. The molecule has 1 saturated heterocycles. The number of aromatic amines is 1. The van der Waals surface area contributed by atoms with E-state index < -0.39 is 0 Å². The van der Waals surface area contributed by atoms with Gasteiger partial charge in [-0.2, -0.15) is 0 Å². The number of nitrogens with one attached hydrogen (secondary N) is 2. The van der Waals surface area contributed by atoms with Crippen molar-refractivity contribution in [3.05, 3.63) is 36.0 Å². The van der Waals surface area contributed by atoms with Gasteiger partial charge in [-0.3, -0.25) is 4.79 Å². The minimum atomic E-state index is -0.0396. The van der Waals surface area contributed by atoms with E-state index >= 15 is 0 Å². The Kier molecular flexibility index (Phi) is 3.51. The number of rotatable bonds is 3. The molecule has 1 aromatic carbocycles. The number of ether oxygens (including phenoxy) is 1. The summed E-state index contributed by atoms with van der Waals surface area (Å²) in [4.78, 5) is 15.3. The van der Waals surface area contributed by atoms with Crippen molar-refractivity contribution in [3.8, 4) is 0 Å². The van der Waals surface area contributed by atoms with Gasteiger partial charge in [0, 0.05) is 24.7 Å². The molecule has 2 aromatic rings. The van der Waals surface area contributed by atoms with Gasteiger partial charge < -0.3 is 15.0 Å². The number of hydrogen-bond donors (Lipinski definition) is 2. The summed E-state index contributed by atoms with van der Waals surface area (Å²) in [5.41, 5.74) is 1.59. The van der Waals surface area contributed by atoms with Gasteiger partial charge in [0.2, 0.25) is 0 Å². The summed E-state index contributed by atoms with van der Waals surface area (Å²) in [6, 6.07) is 7.71. The van der Waals surface area contributed by atoms with Crippen molar-refractivity contribution in [3.63, 3.8) is 0 Å². The van der Waals surface area contributed by atoms with Crippen LogP contribution in [0.3, 0.4) is 0 Å². The Morgan fingerprint density at radius 2 is 2.32 bits per heavy atom. The Morgan fingerprint density at radius 3 is 3.16 bits per heavy atom. The van der Waals surface area contributed by atoms with Crippen LogP contribution in [0.2, 0.25) is 0 Å². The Balaban J connectivity index is 1.68. The standard InChI is InChI=1S/C15H18N2O2/c18-15(17-10-12-5-1-2-9-19-12)13-6-3-4-11-7-8-16-14(11)13/h3-4,6-8,12,16H,1-2,5,9-10H2,(H,17,18). The summed E-state index contributed by atoms with van der Waals surface area (Å²) < 4.78 is 5.61.